The molecule has 0 spiro atoms. The van der Waals surface area contributed by atoms with Gasteiger partial charge >= 0.3 is 0 Å². The van der Waals surface area contributed by atoms with Gasteiger partial charge in [0.2, 0.25) is 0 Å². The Morgan fingerprint density at radius 3 is 1.65 bits per heavy atom. The molecule has 0 saturated heterocycles. The maximum atomic E-state index is 11.1. The molecule has 0 aromatic rings. The maximum absolute atomic E-state index is 11.1. The van der Waals surface area contributed by atoms with Crippen LogP contribution in [0.25, 0.3) is 0 Å². The molecule has 0 N–H and O–H groups in total. The largest absolute Gasteiger partial charge is 0.264 e. The third kappa shape index (κ3) is 7.69. The summed E-state index contributed by atoms with van der Waals surface area (Å²) < 4.78 is 53.8. The number of hydrogen-bond donors (Lipinski definition) is 0. The van der Waals surface area contributed by atoms with Gasteiger partial charge in [0.1, 0.15) is 12.2 Å². The summed E-state index contributed by atoms with van der Waals surface area (Å²) in [7, 11) is -7.29. The van der Waals surface area contributed by atoms with Crippen LogP contribution in [0.3, 0.4) is 0 Å². The Morgan fingerprint density at radius 1 is 0.941 bits per heavy atom. The Hall–Kier alpha value is -0.180. The Bertz CT molecular complexity index is 424. The molecule has 0 aliphatic rings. The Morgan fingerprint density at radius 2 is 1.35 bits per heavy atom. The van der Waals surface area contributed by atoms with Crippen LogP contribution >= 0.6 is 0 Å². The fraction of sp³-hybridized carbons (Fsp3) is 1.00. The molecular formula is C9H20O6S2. The summed E-state index contributed by atoms with van der Waals surface area (Å²) in [5.41, 5.74) is 0. The molecule has 0 bridgehead atoms. The van der Waals surface area contributed by atoms with Crippen LogP contribution in [0.4, 0.5) is 0 Å². The maximum Gasteiger partial charge on any atom is 0.264 e. The van der Waals surface area contributed by atoms with Gasteiger partial charge in [0.05, 0.1) is 12.5 Å². The highest BCUT2D eigenvalue weighted by atomic mass is 32.2. The molecule has 17 heavy (non-hydrogen) atoms. The average Bonchev–Trinajstić information content (AvgIpc) is 2.08. The first-order valence-electron chi connectivity index (χ1n) is 5.22. The van der Waals surface area contributed by atoms with E-state index in [0.29, 0.717) is 6.42 Å². The van der Waals surface area contributed by atoms with Crippen LogP contribution in [-0.2, 0) is 28.6 Å². The zero-order valence-corrected chi connectivity index (χ0v) is 12.3. The fourth-order valence-corrected chi connectivity index (χ4v) is 2.81. The summed E-state index contributed by atoms with van der Waals surface area (Å²) >= 11 is 0. The van der Waals surface area contributed by atoms with Crippen LogP contribution < -0.4 is 0 Å². The van der Waals surface area contributed by atoms with Crippen molar-refractivity contribution in [3.05, 3.63) is 0 Å². The second-order valence-corrected chi connectivity index (χ2v) is 7.36. The highest BCUT2D eigenvalue weighted by Gasteiger charge is 2.30. The van der Waals surface area contributed by atoms with E-state index in [9.17, 15) is 16.8 Å². The van der Waals surface area contributed by atoms with Crippen LogP contribution in [0.15, 0.2) is 0 Å². The minimum absolute atomic E-state index is 0.138. The van der Waals surface area contributed by atoms with Crippen LogP contribution in [0.1, 0.15) is 27.2 Å². The number of hydrogen-bond acceptors (Lipinski definition) is 6. The van der Waals surface area contributed by atoms with E-state index in [0.717, 1.165) is 12.5 Å². The standard InChI is InChI=1S/C9H20O6S2/c1-6-7(2)9(15-17(5,12)13)8(3)14-16(4,10)11/h7-9H,6H2,1-5H3. The predicted molar refractivity (Wildman–Crippen MR) is 64.6 cm³/mol. The van der Waals surface area contributed by atoms with E-state index >= 15 is 0 Å². The van der Waals surface area contributed by atoms with Gasteiger partial charge in [0.25, 0.3) is 20.2 Å². The van der Waals surface area contributed by atoms with E-state index < -0.39 is 32.4 Å². The lowest BCUT2D eigenvalue weighted by molar-refractivity contribution is 0.0382. The summed E-state index contributed by atoms with van der Waals surface area (Å²) in [5.74, 6) is -0.138. The minimum Gasteiger partial charge on any atom is -0.264 e. The van der Waals surface area contributed by atoms with Gasteiger partial charge in [0, 0.05) is 0 Å². The van der Waals surface area contributed by atoms with Crippen molar-refractivity contribution < 1.29 is 25.2 Å². The van der Waals surface area contributed by atoms with Crippen LogP contribution in [-0.4, -0.2) is 41.6 Å². The Balaban J connectivity index is 4.93. The molecule has 0 aliphatic heterocycles. The van der Waals surface area contributed by atoms with Crippen LogP contribution in [0, 0.1) is 5.92 Å². The molecule has 0 amide bonds. The molecule has 0 radical (unpaired) electrons. The van der Waals surface area contributed by atoms with Crippen molar-refractivity contribution in [1.82, 2.24) is 0 Å². The third-order valence-electron chi connectivity index (χ3n) is 2.28. The Kier molecular flexibility index (Phi) is 6.06. The van der Waals surface area contributed by atoms with Crippen molar-refractivity contribution in [1.29, 1.82) is 0 Å². The van der Waals surface area contributed by atoms with E-state index in [1.807, 2.05) is 6.92 Å². The normalized spacial score (nSPS) is 18.6. The van der Waals surface area contributed by atoms with Crippen LogP contribution in [0.2, 0.25) is 0 Å². The van der Waals surface area contributed by atoms with Crippen molar-refractivity contribution >= 4 is 20.2 Å². The predicted octanol–water partition coefficient (Wildman–Crippen LogP) is 0.742. The molecule has 0 saturated carbocycles. The van der Waals surface area contributed by atoms with Crippen molar-refractivity contribution in [2.24, 2.45) is 5.92 Å². The average molecular weight is 288 g/mol. The quantitative estimate of drug-likeness (QED) is 0.642. The molecule has 0 heterocycles. The molecule has 3 atom stereocenters. The van der Waals surface area contributed by atoms with Gasteiger partial charge in [-0.3, -0.25) is 8.37 Å². The highest BCUT2D eigenvalue weighted by Crippen LogP contribution is 2.20. The van der Waals surface area contributed by atoms with E-state index in [4.69, 9.17) is 8.37 Å². The summed E-state index contributed by atoms with van der Waals surface area (Å²) in [4.78, 5) is 0. The second kappa shape index (κ2) is 6.12. The molecule has 6 nitrogen and oxygen atoms in total. The van der Waals surface area contributed by atoms with Gasteiger partial charge in [-0.2, -0.15) is 16.8 Å². The molecular weight excluding hydrogens is 268 g/mol. The smallest absolute Gasteiger partial charge is 0.264 e. The molecule has 104 valence electrons. The van der Waals surface area contributed by atoms with Crippen molar-refractivity contribution in [3.63, 3.8) is 0 Å². The molecule has 8 heteroatoms. The van der Waals surface area contributed by atoms with Crippen LogP contribution in [0.5, 0.6) is 0 Å². The van der Waals surface area contributed by atoms with Gasteiger partial charge in [-0.1, -0.05) is 20.3 Å². The molecule has 0 rings (SSSR count). The molecule has 0 fully saturated rings. The first-order chi connectivity index (χ1) is 7.46. The summed E-state index contributed by atoms with van der Waals surface area (Å²) in [6.45, 7) is 5.11. The molecule has 0 aliphatic carbocycles. The van der Waals surface area contributed by atoms with Gasteiger partial charge in [-0.15, -0.1) is 0 Å². The zero-order chi connectivity index (χ0) is 13.9. The zero-order valence-electron chi connectivity index (χ0n) is 10.7. The molecule has 0 aromatic carbocycles. The first kappa shape index (κ1) is 16.8. The Labute approximate surface area is 104 Å². The van der Waals surface area contributed by atoms with Crippen molar-refractivity contribution in [2.45, 2.75) is 39.4 Å². The van der Waals surface area contributed by atoms with Crippen molar-refractivity contribution in [3.8, 4) is 0 Å². The van der Waals surface area contributed by atoms with Gasteiger partial charge in [-0.05, 0) is 12.8 Å². The summed E-state index contributed by atoms with van der Waals surface area (Å²) in [5, 5.41) is 0. The first-order valence-corrected chi connectivity index (χ1v) is 8.86. The SMILES string of the molecule is CCC(C)C(OS(C)(=O)=O)C(C)OS(C)(=O)=O. The lowest BCUT2D eigenvalue weighted by Crippen LogP contribution is -2.37. The van der Waals surface area contributed by atoms with Gasteiger partial charge in [-0.25, -0.2) is 0 Å². The topological polar surface area (TPSA) is 86.7 Å². The number of rotatable bonds is 7. The van der Waals surface area contributed by atoms with E-state index in [1.54, 1.807) is 6.92 Å². The lowest BCUT2D eigenvalue weighted by atomic mass is 9.98. The van der Waals surface area contributed by atoms with Crippen molar-refractivity contribution in [2.75, 3.05) is 12.5 Å². The molecule has 0 aromatic heterocycles. The summed E-state index contributed by atoms with van der Waals surface area (Å²) in [6, 6.07) is 0. The minimum atomic E-state index is -3.65. The fourth-order valence-electron chi connectivity index (χ4n) is 1.40. The van der Waals surface area contributed by atoms with Gasteiger partial charge < -0.3 is 0 Å². The third-order valence-corrected chi connectivity index (χ3v) is 3.50. The summed E-state index contributed by atoms with van der Waals surface area (Å²) in [6.07, 6.45) is 0.824. The lowest BCUT2D eigenvalue weighted by Gasteiger charge is -2.26. The second-order valence-electron chi connectivity index (χ2n) is 4.16. The monoisotopic (exact) mass is 288 g/mol. The van der Waals surface area contributed by atoms with E-state index in [1.165, 1.54) is 6.92 Å². The van der Waals surface area contributed by atoms with Gasteiger partial charge in [0.15, 0.2) is 0 Å². The molecule has 3 unspecified atom stereocenters. The van der Waals surface area contributed by atoms with E-state index in [2.05, 4.69) is 0 Å². The van der Waals surface area contributed by atoms with E-state index in [-0.39, 0.29) is 5.92 Å². The highest BCUT2D eigenvalue weighted by molar-refractivity contribution is 7.86.